The van der Waals surface area contributed by atoms with E-state index >= 15 is 0 Å². The molecule has 3 heterocycles. The van der Waals surface area contributed by atoms with Crippen LogP contribution in [0, 0.1) is 0 Å². The minimum absolute atomic E-state index is 0.506. The van der Waals surface area contributed by atoms with Gasteiger partial charge in [0, 0.05) is 6.07 Å². The quantitative estimate of drug-likeness (QED) is 0.488. The van der Waals surface area contributed by atoms with Crippen molar-refractivity contribution < 1.29 is 9.15 Å². The van der Waals surface area contributed by atoms with Crippen LogP contribution in [0.25, 0.3) is 27.6 Å². The van der Waals surface area contributed by atoms with E-state index in [2.05, 4.69) is 28.9 Å². The number of oxazole rings is 1. The number of aromatic nitrogens is 4. The molecule has 3 aromatic heterocycles. The zero-order valence-electron chi connectivity index (χ0n) is 13.7. The van der Waals surface area contributed by atoms with Crippen LogP contribution in [-0.2, 0) is 6.42 Å². The van der Waals surface area contributed by atoms with Gasteiger partial charge in [0.2, 0.25) is 10.9 Å². The Labute approximate surface area is 143 Å². The van der Waals surface area contributed by atoms with Crippen molar-refractivity contribution in [1.29, 1.82) is 0 Å². The molecule has 0 saturated carbocycles. The predicted octanol–water partition coefficient (Wildman–Crippen LogP) is 4.34. The fraction of sp³-hybridized carbons (Fsp3) is 0.353. The van der Waals surface area contributed by atoms with Gasteiger partial charge in [-0.15, -0.1) is 0 Å². The summed E-state index contributed by atoms with van der Waals surface area (Å²) in [6, 6.07) is 5.72. The first-order chi connectivity index (χ1) is 11.8. The summed E-state index contributed by atoms with van der Waals surface area (Å²) in [7, 11) is 0. The lowest BCUT2D eigenvalue weighted by atomic mass is 10.3. The lowest BCUT2D eigenvalue weighted by molar-refractivity contribution is 0.309. The molecule has 4 rings (SSSR count). The summed E-state index contributed by atoms with van der Waals surface area (Å²) in [5, 5.41) is 5.54. The van der Waals surface area contributed by atoms with Gasteiger partial charge in [0.05, 0.1) is 12.8 Å². The smallest absolute Gasteiger partial charge is 0.247 e. The fourth-order valence-corrected chi connectivity index (χ4v) is 3.24. The maximum absolute atomic E-state index is 5.87. The average molecular weight is 342 g/mol. The minimum Gasteiger partial charge on any atom is -0.493 e. The summed E-state index contributed by atoms with van der Waals surface area (Å²) < 4.78 is 13.4. The molecule has 1 aromatic carbocycles. The lowest BCUT2D eigenvalue weighted by Gasteiger charge is -2.03. The van der Waals surface area contributed by atoms with Gasteiger partial charge in [-0.3, -0.25) is 0 Å². The van der Waals surface area contributed by atoms with E-state index in [1.807, 2.05) is 24.4 Å². The number of nitrogens with zero attached hydrogens (tertiary/aromatic N) is 4. The Morgan fingerprint density at radius 2 is 2.17 bits per heavy atom. The van der Waals surface area contributed by atoms with Crippen LogP contribution in [0.15, 0.2) is 28.8 Å². The molecule has 0 amide bonds. The standard InChI is InChI=1S/C17H18N4O2S/c1-3-5-8-22-11-6-7-12-14(9-11)23-16(18-12)13-10-21-17(19-13)24-15(4-2)20-21/h6-7,9-10H,3-5,8H2,1-2H3. The lowest BCUT2D eigenvalue weighted by Crippen LogP contribution is -1.95. The van der Waals surface area contributed by atoms with Crippen molar-refractivity contribution in [3.05, 3.63) is 29.4 Å². The second-order valence-electron chi connectivity index (χ2n) is 5.55. The molecule has 0 saturated heterocycles. The Kier molecular flexibility index (Phi) is 3.93. The van der Waals surface area contributed by atoms with E-state index in [0.717, 1.165) is 40.5 Å². The highest BCUT2D eigenvalue weighted by atomic mass is 32.1. The summed E-state index contributed by atoms with van der Waals surface area (Å²) in [6.07, 6.45) is 4.92. The highest BCUT2D eigenvalue weighted by Crippen LogP contribution is 2.28. The number of unbranched alkanes of at least 4 members (excludes halogenated alkanes) is 1. The van der Waals surface area contributed by atoms with Crippen molar-refractivity contribution in [2.45, 2.75) is 33.1 Å². The number of rotatable bonds is 6. The largest absolute Gasteiger partial charge is 0.493 e. The van der Waals surface area contributed by atoms with Crippen molar-refractivity contribution in [1.82, 2.24) is 19.6 Å². The van der Waals surface area contributed by atoms with Crippen LogP contribution in [0.1, 0.15) is 31.7 Å². The van der Waals surface area contributed by atoms with Gasteiger partial charge in [-0.2, -0.15) is 5.10 Å². The molecule has 0 fully saturated rings. The maximum Gasteiger partial charge on any atom is 0.247 e. The molecular weight excluding hydrogens is 324 g/mol. The van der Waals surface area contributed by atoms with Gasteiger partial charge >= 0.3 is 0 Å². The highest BCUT2D eigenvalue weighted by molar-refractivity contribution is 7.16. The summed E-state index contributed by atoms with van der Waals surface area (Å²) >= 11 is 1.58. The summed E-state index contributed by atoms with van der Waals surface area (Å²) in [5.74, 6) is 1.31. The number of hydrogen-bond acceptors (Lipinski definition) is 6. The zero-order valence-corrected chi connectivity index (χ0v) is 14.5. The summed E-state index contributed by atoms with van der Waals surface area (Å²) in [4.78, 5) is 9.93. The highest BCUT2D eigenvalue weighted by Gasteiger charge is 2.14. The molecule has 0 N–H and O–H groups in total. The van der Waals surface area contributed by atoms with Gasteiger partial charge < -0.3 is 9.15 Å². The van der Waals surface area contributed by atoms with Gasteiger partial charge in [-0.25, -0.2) is 14.5 Å². The summed E-state index contributed by atoms with van der Waals surface area (Å²) in [6.45, 7) is 4.94. The Bertz CT molecular complexity index is 954. The third-order valence-electron chi connectivity index (χ3n) is 3.73. The van der Waals surface area contributed by atoms with E-state index in [-0.39, 0.29) is 0 Å². The first-order valence-electron chi connectivity index (χ1n) is 8.15. The van der Waals surface area contributed by atoms with Crippen LogP contribution in [0.5, 0.6) is 5.75 Å². The van der Waals surface area contributed by atoms with Crippen molar-refractivity contribution >= 4 is 27.4 Å². The van der Waals surface area contributed by atoms with Gasteiger partial charge in [0.25, 0.3) is 0 Å². The molecule has 0 bridgehead atoms. The van der Waals surface area contributed by atoms with E-state index in [1.165, 1.54) is 0 Å². The summed E-state index contributed by atoms with van der Waals surface area (Å²) in [5.41, 5.74) is 2.20. The SMILES string of the molecule is CCCCOc1ccc2nc(-c3cn4nc(CC)sc4n3)oc2c1. The van der Waals surface area contributed by atoms with Gasteiger partial charge in [0.15, 0.2) is 5.58 Å². The van der Waals surface area contributed by atoms with Crippen molar-refractivity contribution in [3.63, 3.8) is 0 Å². The van der Waals surface area contributed by atoms with Gasteiger partial charge in [-0.05, 0) is 25.0 Å². The molecule has 0 unspecified atom stereocenters. The fourth-order valence-electron chi connectivity index (χ4n) is 2.43. The number of benzene rings is 1. The maximum atomic E-state index is 5.87. The number of hydrogen-bond donors (Lipinski definition) is 0. The first kappa shape index (κ1) is 15.1. The molecule has 6 nitrogen and oxygen atoms in total. The molecule has 0 aliphatic heterocycles. The van der Waals surface area contributed by atoms with Crippen LogP contribution < -0.4 is 4.74 Å². The molecule has 0 aliphatic rings. The van der Waals surface area contributed by atoms with E-state index in [9.17, 15) is 0 Å². The van der Waals surface area contributed by atoms with E-state index in [0.29, 0.717) is 23.8 Å². The molecule has 7 heteroatoms. The molecule has 0 spiro atoms. The molecule has 0 atom stereocenters. The van der Waals surface area contributed by atoms with Crippen molar-refractivity contribution in [2.24, 2.45) is 0 Å². The predicted molar refractivity (Wildman–Crippen MR) is 93.6 cm³/mol. The molecule has 0 radical (unpaired) electrons. The van der Waals surface area contributed by atoms with Crippen LogP contribution in [0.3, 0.4) is 0 Å². The Morgan fingerprint density at radius 3 is 2.96 bits per heavy atom. The van der Waals surface area contributed by atoms with Crippen LogP contribution in [-0.4, -0.2) is 26.2 Å². The topological polar surface area (TPSA) is 65.5 Å². The van der Waals surface area contributed by atoms with Crippen LogP contribution in [0.2, 0.25) is 0 Å². The third kappa shape index (κ3) is 2.75. The number of imidazole rings is 1. The van der Waals surface area contributed by atoms with E-state index in [1.54, 1.807) is 15.9 Å². The van der Waals surface area contributed by atoms with E-state index in [4.69, 9.17) is 9.15 Å². The Morgan fingerprint density at radius 1 is 1.25 bits per heavy atom. The molecule has 24 heavy (non-hydrogen) atoms. The molecule has 124 valence electrons. The number of ether oxygens (including phenoxy) is 1. The number of fused-ring (bicyclic) bond motifs is 2. The molecular formula is C17H18N4O2S. The Hall–Kier alpha value is -2.41. The Balaban J connectivity index is 1.64. The molecule has 0 aliphatic carbocycles. The van der Waals surface area contributed by atoms with Crippen LogP contribution in [0.4, 0.5) is 0 Å². The first-order valence-corrected chi connectivity index (χ1v) is 8.97. The van der Waals surface area contributed by atoms with Gasteiger partial charge in [-0.1, -0.05) is 31.6 Å². The van der Waals surface area contributed by atoms with E-state index < -0.39 is 0 Å². The zero-order chi connectivity index (χ0) is 16.5. The normalized spacial score (nSPS) is 11.6. The molecule has 4 aromatic rings. The van der Waals surface area contributed by atoms with Crippen molar-refractivity contribution in [3.8, 4) is 17.3 Å². The second-order valence-corrected chi connectivity index (χ2v) is 6.59. The third-order valence-corrected chi connectivity index (χ3v) is 4.80. The second kappa shape index (κ2) is 6.24. The number of aryl methyl sites for hydroxylation is 1. The van der Waals surface area contributed by atoms with Crippen molar-refractivity contribution in [2.75, 3.05) is 6.61 Å². The minimum atomic E-state index is 0.506. The monoisotopic (exact) mass is 342 g/mol. The average Bonchev–Trinajstić information content (AvgIpc) is 3.26. The van der Waals surface area contributed by atoms with Crippen LogP contribution >= 0.6 is 11.3 Å². The van der Waals surface area contributed by atoms with Gasteiger partial charge in [0.1, 0.15) is 22.0 Å².